The lowest BCUT2D eigenvalue weighted by molar-refractivity contribution is 0.154. The van der Waals surface area contributed by atoms with Crippen molar-refractivity contribution in [2.75, 3.05) is 19.6 Å². The van der Waals surface area contributed by atoms with Crippen molar-refractivity contribution in [2.24, 2.45) is 17.8 Å². The van der Waals surface area contributed by atoms with Crippen LogP contribution in [0.15, 0.2) is 12.3 Å². The first-order valence-corrected chi connectivity index (χ1v) is 9.05. The van der Waals surface area contributed by atoms with Gasteiger partial charge in [-0.2, -0.15) is 0 Å². The first-order chi connectivity index (χ1) is 9.88. The average Bonchev–Trinajstić information content (AvgIpc) is 2.37. The predicted molar refractivity (Wildman–Crippen MR) is 94.4 cm³/mol. The minimum Gasteiger partial charge on any atom is -0.386 e. The maximum atomic E-state index is 4.15. The van der Waals surface area contributed by atoms with Crippen molar-refractivity contribution in [3.8, 4) is 0 Å². The van der Waals surface area contributed by atoms with Crippen LogP contribution in [0.1, 0.15) is 66.7 Å². The molecule has 1 fully saturated rings. The third kappa shape index (κ3) is 7.90. The van der Waals surface area contributed by atoms with Crippen LogP contribution < -0.4 is 5.32 Å². The van der Waals surface area contributed by atoms with Gasteiger partial charge in [-0.05, 0) is 57.5 Å². The Hall–Kier alpha value is -0.500. The van der Waals surface area contributed by atoms with E-state index in [1.54, 1.807) is 0 Å². The minimum atomic E-state index is 0.496. The molecule has 1 rings (SSSR count). The fourth-order valence-electron chi connectivity index (χ4n) is 3.49. The Balaban J connectivity index is 2.20. The third-order valence-electron chi connectivity index (χ3n) is 4.79. The number of likely N-dealkylation sites (tertiary alicyclic amines) is 1. The SMILES string of the molecule is C=C(CN1CCC(C(C)CCCC(C)C)CC1)NC(C)C. The average molecular weight is 295 g/mol. The molecular formula is C19H38N2. The van der Waals surface area contributed by atoms with Crippen molar-refractivity contribution in [1.29, 1.82) is 0 Å². The van der Waals surface area contributed by atoms with Gasteiger partial charge < -0.3 is 5.32 Å². The van der Waals surface area contributed by atoms with Gasteiger partial charge in [0.15, 0.2) is 0 Å². The van der Waals surface area contributed by atoms with Crippen LogP contribution in [0.25, 0.3) is 0 Å². The molecule has 21 heavy (non-hydrogen) atoms. The van der Waals surface area contributed by atoms with E-state index in [0.29, 0.717) is 6.04 Å². The zero-order chi connectivity index (χ0) is 15.8. The van der Waals surface area contributed by atoms with Crippen LogP contribution in [0.4, 0.5) is 0 Å². The van der Waals surface area contributed by atoms with Gasteiger partial charge in [0, 0.05) is 18.3 Å². The quantitative estimate of drug-likeness (QED) is 0.664. The summed E-state index contributed by atoms with van der Waals surface area (Å²) in [5, 5.41) is 3.43. The van der Waals surface area contributed by atoms with E-state index in [-0.39, 0.29) is 0 Å². The first-order valence-electron chi connectivity index (χ1n) is 9.05. The standard InChI is InChI=1S/C19H38N2/c1-15(2)8-7-9-17(5)19-10-12-21(13-11-19)14-18(6)20-16(3)4/h15-17,19-20H,6-14H2,1-5H3. The number of nitrogens with zero attached hydrogens (tertiary/aromatic N) is 1. The third-order valence-corrected chi connectivity index (χ3v) is 4.79. The molecule has 0 aromatic rings. The van der Waals surface area contributed by atoms with Gasteiger partial charge in [0.2, 0.25) is 0 Å². The molecule has 1 N–H and O–H groups in total. The topological polar surface area (TPSA) is 15.3 Å². The summed E-state index contributed by atoms with van der Waals surface area (Å²) in [4.78, 5) is 2.56. The molecule has 0 bridgehead atoms. The van der Waals surface area contributed by atoms with Crippen LogP contribution in [0.3, 0.4) is 0 Å². The Morgan fingerprint density at radius 1 is 1.10 bits per heavy atom. The Morgan fingerprint density at radius 2 is 1.71 bits per heavy atom. The van der Waals surface area contributed by atoms with Crippen molar-refractivity contribution in [3.63, 3.8) is 0 Å². The fourth-order valence-corrected chi connectivity index (χ4v) is 3.49. The van der Waals surface area contributed by atoms with Gasteiger partial charge in [-0.1, -0.05) is 46.6 Å². The minimum absolute atomic E-state index is 0.496. The number of hydrogen-bond acceptors (Lipinski definition) is 2. The molecule has 0 spiro atoms. The van der Waals surface area contributed by atoms with E-state index in [0.717, 1.165) is 24.3 Å². The molecule has 1 atom stereocenters. The Bertz CT molecular complexity index is 288. The lowest BCUT2D eigenvalue weighted by atomic mass is 9.82. The van der Waals surface area contributed by atoms with E-state index in [1.807, 2.05) is 0 Å². The summed E-state index contributed by atoms with van der Waals surface area (Å²) >= 11 is 0. The molecule has 0 aliphatic carbocycles. The zero-order valence-electron chi connectivity index (χ0n) is 15.1. The molecule has 124 valence electrons. The first kappa shape index (κ1) is 18.5. The second kappa shape index (κ2) is 9.50. The molecule has 1 unspecified atom stereocenters. The lowest BCUT2D eigenvalue weighted by Gasteiger charge is -2.35. The van der Waals surface area contributed by atoms with E-state index in [4.69, 9.17) is 0 Å². The number of nitrogens with one attached hydrogen (secondary N) is 1. The van der Waals surface area contributed by atoms with E-state index in [1.165, 1.54) is 50.9 Å². The van der Waals surface area contributed by atoms with Gasteiger partial charge in [0.05, 0.1) is 0 Å². The maximum Gasteiger partial charge on any atom is 0.0375 e. The highest BCUT2D eigenvalue weighted by molar-refractivity contribution is 4.96. The van der Waals surface area contributed by atoms with Gasteiger partial charge in [-0.3, -0.25) is 4.90 Å². The van der Waals surface area contributed by atoms with E-state index in [9.17, 15) is 0 Å². The Labute approximate surface area is 133 Å². The molecule has 1 aliphatic heterocycles. The van der Waals surface area contributed by atoms with Gasteiger partial charge in [-0.25, -0.2) is 0 Å². The molecular weight excluding hydrogens is 256 g/mol. The molecule has 0 radical (unpaired) electrons. The molecule has 1 aliphatic rings. The predicted octanol–water partition coefficient (Wildman–Crippen LogP) is 4.67. The summed E-state index contributed by atoms with van der Waals surface area (Å²) in [7, 11) is 0. The van der Waals surface area contributed by atoms with Gasteiger partial charge in [0.1, 0.15) is 0 Å². The number of rotatable bonds is 9. The molecule has 1 heterocycles. The van der Waals surface area contributed by atoms with E-state index < -0.39 is 0 Å². The van der Waals surface area contributed by atoms with Crippen LogP contribution in [0.2, 0.25) is 0 Å². The molecule has 0 aromatic carbocycles. The van der Waals surface area contributed by atoms with Gasteiger partial charge in [-0.15, -0.1) is 0 Å². The van der Waals surface area contributed by atoms with Crippen molar-refractivity contribution in [3.05, 3.63) is 12.3 Å². The second-order valence-corrected chi connectivity index (χ2v) is 7.82. The molecule has 2 nitrogen and oxygen atoms in total. The summed E-state index contributed by atoms with van der Waals surface area (Å²) < 4.78 is 0. The van der Waals surface area contributed by atoms with Gasteiger partial charge in [0.25, 0.3) is 0 Å². The highest BCUT2D eigenvalue weighted by Crippen LogP contribution is 2.28. The van der Waals surface area contributed by atoms with Crippen LogP contribution in [0.5, 0.6) is 0 Å². The molecule has 0 saturated carbocycles. The maximum absolute atomic E-state index is 4.15. The van der Waals surface area contributed by atoms with E-state index in [2.05, 4.69) is 51.4 Å². The highest BCUT2D eigenvalue weighted by atomic mass is 15.1. The number of hydrogen-bond donors (Lipinski definition) is 1. The van der Waals surface area contributed by atoms with Crippen LogP contribution in [0, 0.1) is 17.8 Å². The largest absolute Gasteiger partial charge is 0.386 e. The van der Waals surface area contributed by atoms with Gasteiger partial charge >= 0.3 is 0 Å². The summed E-state index contributed by atoms with van der Waals surface area (Å²) in [5.74, 6) is 2.71. The van der Waals surface area contributed by atoms with Crippen molar-refractivity contribution >= 4 is 0 Å². The summed E-state index contributed by atoms with van der Waals surface area (Å²) in [6.07, 6.45) is 6.97. The molecule has 1 saturated heterocycles. The smallest absolute Gasteiger partial charge is 0.0375 e. The van der Waals surface area contributed by atoms with Crippen LogP contribution >= 0.6 is 0 Å². The van der Waals surface area contributed by atoms with Crippen molar-refractivity contribution in [2.45, 2.75) is 72.8 Å². The highest BCUT2D eigenvalue weighted by Gasteiger charge is 2.23. The van der Waals surface area contributed by atoms with Crippen LogP contribution in [-0.4, -0.2) is 30.6 Å². The Kier molecular flexibility index (Phi) is 8.39. The fraction of sp³-hybridized carbons (Fsp3) is 0.895. The van der Waals surface area contributed by atoms with E-state index >= 15 is 0 Å². The molecule has 2 heteroatoms. The van der Waals surface area contributed by atoms with Crippen molar-refractivity contribution < 1.29 is 0 Å². The zero-order valence-corrected chi connectivity index (χ0v) is 15.1. The second-order valence-electron chi connectivity index (χ2n) is 7.82. The van der Waals surface area contributed by atoms with Crippen molar-refractivity contribution in [1.82, 2.24) is 10.2 Å². The summed E-state index contributed by atoms with van der Waals surface area (Å²) in [6, 6.07) is 0.496. The van der Waals surface area contributed by atoms with Crippen LogP contribution in [-0.2, 0) is 0 Å². The summed E-state index contributed by atoms with van der Waals surface area (Å²) in [6.45, 7) is 19.2. The number of piperidine rings is 1. The normalized spacial score (nSPS) is 19.2. The monoisotopic (exact) mass is 294 g/mol. The molecule has 0 amide bonds. The summed E-state index contributed by atoms with van der Waals surface area (Å²) in [5.41, 5.74) is 1.17. The Morgan fingerprint density at radius 3 is 2.24 bits per heavy atom. The molecule has 0 aromatic heterocycles. The lowest BCUT2D eigenvalue weighted by Crippen LogP contribution is -2.39.